The Hall–Kier alpha value is -1.62. The fraction of sp³-hybridized carbons (Fsp3) is 0.250. The van der Waals surface area contributed by atoms with E-state index in [1.165, 1.54) is 32.6 Å². The zero-order valence-electron chi connectivity index (χ0n) is 7.40. The SMILES string of the molecule is CON(C)C(=O)c1c[nH]ccc1=O. The number of aromatic nitrogens is 1. The first-order chi connectivity index (χ1) is 6.16. The average Bonchev–Trinajstić information content (AvgIpc) is 2.16. The molecule has 0 atom stereocenters. The van der Waals surface area contributed by atoms with Crippen LogP contribution >= 0.6 is 0 Å². The fourth-order valence-electron chi connectivity index (χ4n) is 0.836. The molecule has 0 radical (unpaired) electrons. The van der Waals surface area contributed by atoms with E-state index < -0.39 is 5.91 Å². The van der Waals surface area contributed by atoms with Crippen molar-refractivity contribution in [3.05, 3.63) is 34.2 Å². The predicted octanol–water partition coefficient (Wildman–Crippen LogP) is 0.00830. The molecule has 0 aliphatic rings. The van der Waals surface area contributed by atoms with Crippen LogP contribution in [0.3, 0.4) is 0 Å². The first kappa shape index (κ1) is 9.47. The van der Waals surface area contributed by atoms with Gasteiger partial charge in [0.15, 0.2) is 5.43 Å². The molecule has 0 saturated carbocycles. The summed E-state index contributed by atoms with van der Waals surface area (Å²) in [5, 5.41) is 0.991. The van der Waals surface area contributed by atoms with Crippen LogP contribution in [0.15, 0.2) is 23.3 Å². The van der Waals surface area contributed by atoms with Crippen LogP contribution in [0.25, 0.3) is 0 Å². The second-order valence-corrected chi connectivity index (χ2v) is 2.41. The summed E-state index contributed by atoms with van der Waals surface area (Å²) < 4.78 is 0. The van der Waals surface area contributed by atoms with E-state index in [1.54, 1.807) is 0 Å². The molecule has 1 rings (SSSR count). The minimum absolute atomic E-state index is 0.0619. The Morgan fingerprint density at radius 2 is 2.31 bits per heavy atom. The standard InChI is InChI=1S/C8H10N2O3/c1-10(13-2)8(12)6-5-9-4-3-7(6)11/h3-5H,1-2H3,(H,9,11). The summed E-state index contributed by atoms with van der Waals surface area (Å²) in [4.78, 5) is 29.8. The summed E-state index contributed by atoms with van der Waals surface area (Å²) in [5.74, 6) is -0.468. The third-order valence-electron chi connectivity index (χ3n) is 1.61. The van der Waals surface area contributed by atoms with Gasteiger partial charge in [-0.25, -0.2) is 5.06 Å². The number of nitrogens with one attached hydrogen (secondary N) is 1. The van der Waals surface area contributed by atoms with Crippen LogP contribution in [0, 0.1) is 0 Å². The van der Waals surface area contributed by atoms with Gasteiger partial charge >= 0.3 is 0 Å². The number of hydrogen-bond acceptors (Lipinski definition) is 3. The molecule has 0 bridgehead atoms. The van der Waals surface area contributed by atoms with Crippen molar-refractivity contribution in [3.63, 3.8) is 0 Å². The molecule has 1 N–H and O–H groups in total. The summed E-state index contributed by atoms with van der Waals surface area (Å²) >= 11 is 0. The number of aromatic amines is 1. The Labute approximate surface area is 74.9 Å². The summed E-state index contributed by atoms with van der Waals surface area (Å²) in [5.41, 5.74) is -0.264. The second-order valence-electron chi connectivity index (χ2n) is 2.41. The van der Waals surface area contributed by atoms with Crippen molar-refractivity contribution >= 4 is 5.91 Å². The third kappa shape index (κ3) is 1.94. The largest absolute Gasteiger partial charge is 0.367 e. The van der Waals surface area contributed by atoms with Gasteiger partial charge < -0.3 is 4.98 Å². The molecule has 1 heterocycles. The van der Waals surface area contributed by atoms with Crippen LogP contribution in [-0.2, 0) is 4.84 Å². The lowest BCUT2D eigenvalue weighted by molar-refractivity contribution is -0.0758. The minimum atomic E-state index is -0.468. The maximum atomic E-state index is 11.4. The van der Waals surface area contributed by atoms with Gasteiger partial charge in [0, 0.05) is 25.5 Å². The van der Waals surface area contributed by atoms with Gasteiger partial charge in [-0.3, -0.25) is 14.4 Å². The third-order valence-corrected chi connectivity index (χ3v) is 1.61. The smallest absolute Gasteiger partial charge is 0.282 e. The van der Waals surface area contributed by atoms with Crippen molar-refractivity contribution in [3.8, 4) is 0 Å². The Bertz CT molecular complexity index is 358. The number of H-pyrrole nitrogens is 1. The maximum absolute atomic E-state index is 11.4. The zero-order valence-corrected chi connectivity index (χ0v) is 7.40. The van der Waals surface area contributed by atoms with E-state index in [-0.39, 0.29) is 11.0 Å². The number of hydroxylamine groups is 2. The van der Waals surface area contributed by atoms with Gasteiger partial charge in [0.2, 0.25) is 0 Å². The molecule has 0 fully saturated rings. The number of nitrogens with zero attached hydrogens (tertiary/aromatic N) is 1. The number of pyridine rings is 1. The normalized spacial score (nSPS) is 9.69. The molecule has 0 aliphatic carbocycles. The van der Waals surface area contributed by atoms with Crippen LogP contribution in [0.2, 0.25) is 0 Å². The molecule has 0 spiro atoms. The van der Waals surface area contributed by atoms with Crippen molar-refractivity contribution in [2.24, 2.45) is 0 Å². The van der Waals surface area contributed by atoms with Crippen molar-refractivity contribution in [1.82, 2.24) is 10.0 Å². The summed E-state index contributed by atoms with van der Waals surface area (Å²) in [6, 6.07) is 1.29. The van der Waals surface area contributed by atoms with Crippen molar-refractivity contribution in [2.45, 2.75) is 0 Å². The van der Waals surface area contributed by atoms with Crippen LogP contribution in [-0.4, -0.2) is 30.1 Å². The first-order valence-corrected chi connectivity index (χ1v) is 3.66. The van der Waals surface area contributed by atoms with E-state index in [1.807, 2.05) is 0 Å². The molecular weight excluding hydrogens is 172 g/mol. The molecular formula is C8H10N2O3. The van der Waals surface area contributed by atoms with Crippen molar-refractivity contribution in [2.75, 3.05) is 14.2 Å². The summed E-state index contributed by atoms with van der Waals surface area (Å²) in [6.07, 6.45) is 2.81. The highest BCUT2D eigenvalue weighted by Gasteiger charge is 2.13. The van der Waals surface area contributed by atoms with Crippen molar-refractivity contribution < 1.29 is 9.63 Å². The van der Waals surface area contributed by atoms with Gasteiger partial charge in [-0.2, -0.15) is 0 Å². The molecule has 5 nitrogen and oxygen atoms in total. The van der Waals surface area contributed by atoms with E-state index >= 15 is 0 Å². The number of carbonyl (C=O) groups excluding carboxylic acids is 1. The number of carbonyl (C=O) groups is 1. The molecule has 0 aromatic carbocycles. The van der Waals surface area contributed by atoms with Crippen LogP contribution in [0.1, 0.15) is 10.4 Å². The number of amides is 1. The van der Waals surface area contributed by atoms with Gasteiger partial charge in [-0.1, -0.05) is 0 Å². The van der Waals surface area contributed by atoms with Gasteiger partial charge in [0.05, 0.1) is 7.11 Å². The van der Waals surface area contributed by atoms with Crippen molar-refractivity contribution in [1.29, 1.82) is 0 Å². The second kappa shape index (κ2) is 3.86. The van der Waals surface area contributed by atoms with E-state index in [9.17, 15) is 9.59 Å². The number of hydrogen-bond donors (Lipinski definition) is 1. The van der Waals surface area contributed by atoms with Crippen LogP contribution in [0.5, 0.6) is 0 Å². The lowest BCUT2D eigenvalue weighted by Gasteiger charge is -2.12. The monoisotopic (exact) mass is 182 g/mol. The molecule has 0 aliphatic heterocycles. The highest BCUT2D eigenvalue weighted by atomic mass is 16.7. The van der Waals surface area contributed by atoms with Crippen LogP contribution in [0.4, 0.5) is 0 Å². The first-order valence-electron chi connectivity index (χ1n) is 3.66. The molecule has 1 amide bonds. The zero-order chi connectivity index (χ0) is 9.84. The fourth-order valence-corrected chi connectivity index (χ4v) is 0.836. The molecule has 0 unspecified atom stereocenters. The van der Waals surface area contributed by atoms with Crippen LogP contribution < -0.4 is 5.43 Å². The lowest BCUT2D eigenvalue weighted by atomic mass is 10.2. The molecule has 1 aromatic rings. The average molecular weight is 182 g/mol. The Morgan fingerprint density at radius 3 is 2.85 bits per heavy atom. The quantitative estimate of drug-likeness (QED) is 0.655. The summed E-state index contributed by atoms with van der Waals surface area (Å²) in [7, 11) is 2.80. The molecule has 1 aromatic heterocycles. The van der Waals surface area contributed by atoms with Gasteiger partial charge in [-0.15, -0.1) is 0 Å². The molecule has 70 valence electrons. The highest BCUT2D eigenvalue weighted by Crippen LogP contribution is 1.94. The van der Waals surface area contributed by atoms with E-state index in [0.29, 0.717) is 0 Å². The predicted molar refractivity (Wildman–Crippen MR) is 46.2 cm³/mol. The Morgan fingerprint density at radius 1 is 1.62 bits per heavy atom. The van der Waals surface area contributed by atoms with E-state index in [2.05, 4.69) is 9.82 Å². The lowest BCUT2D eigenvalue weighted by Crippen LogP contribution is -2.29. The van der Waals surface area contributed by atoms with Gasteiger partial charge in [0.25, 0.3) is 5.91 Å². The van der Waals surface area contributed by atoms with E-state index in [0.717, 1.165) is 5.06 Å². The summed E-state index contributed by atoms with van der Waals surface area (Å²) in [6.45, 7) is 0. The van der Waals surface area contributed by atoms with Gasteiger partial charge in [0.1, 0.15) is 5.56 Å². The number of rotatable bonds is 2. The molecule has 13 heavy (non-hydrogen) atoms. The van der Waals surface area contributed by atoms with Gasteiger partial charge in [-0.05, 0) is 0 Å². The molecule has 5 heteroatoms. The maximum Gasteiger partial charge on any atom is 0.282 e. The highest BCUT2D eigenvalue weighted by molar-refractivity contribution is 5.92. The Balaban J connectivity index is 3.02. The minimum Gasteiger partial charge on any atom is -0.367 e. The van der Waals surface area contributed by atoms with E-state index in [4.69, 9.17) is 0 Å². The topological polar surface area (TPSA) is 62.4 Å². The Kier molecular flexibility index (Phi) is 2.81. The molecule has 0 saturated heterocycles.